The number of benzene rings is 1. The van der Waals surface area contributed by atoms with E-state index in [2.05, 4.69) is 11.8 Å². The van der Waals surface area contributed by atoms with Crippen LogP contribution in [0.25, 0.3) is 0 Å². The minimum Gasteiger partial charge on any atom is -0.495 e. The van der Waals surface area contributed by atoms with E-state index in [-0.39, 0.29) is 18.6 Å². The van der Waals surface area contributed by atoms with Crippen molar-refractivity contribution in [3.8, 4) is 5.75 Å². The van der Waals surface area contributed by atoms with Gasteiger partial charge in [0.05, 0.1) is 12.1 Å². The minimum atomic E-state index is 0.0577. The molecule has 2 rings (SSSR count). The first kappa shape index (κ1) is 17.1. The van der Waals surface area contributed by atoms with Gasteiger partial charge in [-0.25, -0.2) is 0 Å². The third-order valence-electron chi connectivity index (χ3n) is 4.14. The van der Waals surface area contributed by atoms with Gasteiger partial charge in [0, 0.05) is 39.3 Å². The normalized spacial score (nSPS) is 17.4. The summed E-state index contributed by atoms with van der Waals surface area (Å²) >= 11 is 6.20. The van der Waals surface area contributed by atoms with Gasteiger partial charge in [0.2, 0.25) is 5.91 Å². The van der Waals surface area contributed by atoms with Crippen LogP contribution < -0.4 is 4.74 Å². The van der Waals surface area contributed by atoms with Gasteiger partial charge in [0.25, 0.3) is 0 Å². The molecule has 1 atom stereocenters. The highest BCUT2D eigenvalue weighted by Crippen LogP contribution is 2.30. The van der Waals surface area contributed by atoms with Crippen LogP contribution in [-0.2, 0) is 9.53 Å². The van der Waals surface area contributed by atoms with E-state index in [1.807, 2.05) is 23.1 Å². The molecule has 122 valence electrons. The molecule has 0 spiro atoms. The summed E-state index contributed by atoms with van der Waals surface area (Å²) in [4.78, 5) is 16.0. The van der Waals surface area contributed by atoms with E-state index in [1.54, 1.807) is 14.2 Å². The fourth-order valence-corrected chi connectivity index (χ4v) is 2.99. The molecule has 1 aliphatic rings. The van der Waals surface area contributed by atoms with Gasteiger partial charge in [-0.05, 0) is 24.6 Å². The Balaban J connectivity index is 1.96. The maximum absolute atomic E-state index is 11.8. The van der Waals surface area contributed by atoms with Crippen LogP contribution in [0.1, 0.15) is 18.5 Å². The van der Waals surface area contributed by atoms with Gasteiger partial charge < -0.3 is 14.4 Å². The molecule has 1 aromatic carbocycles. The summed E-state index contributed by atoms with van der Waals surface area (Å²) in [6.45, 7) is 5.47. The van der Waals surface area contributed by atoms with E-state index >= 15 is 0 Å². The number of halogens is 1. The Bertz CT molecular complexity index is 516. The van der Waals surface area contributed by atoms with Crippen LogP contribution in [0.3, 0.4) is 0 Å². The minimum absolute atomic E-state index is 0.0577. The maximum Gasteiger partial charge on any atom is 0.248 e. The summed E-state index contributed by atoms with van der Waals surface area (Å²) in [5, 5.41) is 0.626. The van der Waals surface area contributed by atoms with Crippen molar-refractivity contribution >= 4 is 17.5 Å². The van der Waals surface area contributed by atoms with Gasteiger partial charge in [-0.15, -0.1) is 0 Å². The number of methoxy groups -OCH3 is 2. The lowest BCUT2D eigenvalue weighted by molar-refractivity contribution is -0.137. The number of ether oxygens (including phenoxy) is 2. The Kier molecular flexibility index (Phi) is 6.06. The Hall–Kier alpha value is -1.30. The van der Waals surface area contributed by atoms with E-state index in [4.69, 9.17) is 21.1 Å². The zero-order chi connectivity index (χ0) is 16.1. The Morgan fingerprint density at radius 3 is 2.50 bits per heavy atom. The van der Waals surface area contributed by atoms with Crippen molar-refractivity contribution in [2.24, 2.45) is 0 Å². The second kappa shape index (κ2) is 7.81. The summed E-state index contributed by atoms with van der Waals surface area (Å²) in [5.41, 5.74) is 1.16. The quantitative estimate of drug-likeness (QED) is 0.832. The van der Waals surface area contributed by atoms with Gasteiger partial charge in [-0.2, -0.15) is 0 Å². The van der Waals surface area contributed by atoms with Gasteiger partial charge >= 0.3 is 0 Å². The zero-order valence-electron chi connectivity index (χ0n) is 13.3. The molecule has 6 heteroatoms. The van der Waals surface area contributed by atoms with Crippen molar-refractivity contribution in [3.05, 3.63) is 28.8 Å². The molecule has 1 heterocycles. The zero-order valence-corrected chi connectivity index (χ0v) is 14.1. The summed E-state index contributed by atoms with van der Waals surface area (Å²) in [6, 6.07) is 6.14. The van der Waals surface area contributed by atoms with Crippen LogP contribution in [0.4, 0.5) is 0 Å². The van der Waals surface area contributed by atoms with Crippen LogP contribution in [-0.4, -0.2) is 62.7 Å². The molecule has 1 saturated heterocycles. The smallest absolute Gasteiger partial charge is 0.248 e. The van der Waals surface area contributed by atoms with Gasteiger partial charge in [-0.3, -0.25) is 9.69 Å². The Morgan fingerprint density at radius 2 is 1.95 bits per heavy atom. The fraction of sp³-hybridized carbons (Fsp3) is 0.562. The van der Waals surface area contributed by atoms with Crippen LogP contribution >= 0.6 is 11.6 Å². The Labute approximate surface area is 136 Å². The van der Waals surface area contributed by atoms with E-state index in [1.165, 1.54) is 0 Å². The van der Waals surface area contributed by atoms with E-state index in [0.29, 0.717) is 10.8 Å². The van der Waals surface area contributed by atoms with Crippen molar-refractivity contribution in [1.82, 2.24) is 9.80 Å². The number of hydrogen-bond donors (Lipinski definition) is 0. The highest BCUT2D eigenvalue weighted by atomic mass is 35.5. The highest BCUT2D eigenvalue weighted by Gasteiger charge is 2.24. The molecular formula is C16H23ClN2O3. The monoisotopic (exact) mass is 326 g/mol. The fourth-order valence-electron chi connectivity index (χ4n) is 2.73. The lowest BCUT2D eigenvalue weighted by Gasteiger charge is -2.38. The summed E-state index contributed by atoms with van der Waals surface area (Å²) < 4.78 is 10.1. The molecule has 1 amide bonds. The summed E-state index contributed by atoms with van der Waals surface area (Å²) in [7, 11) is 3.16. The van der Waals surface area contributed by atoms with E-state index in [9.17, 15) is 4.79 Å². The molecule has 1 aromatic rings. The van der Waals surface area contributed by atoms with Crippen LogP contribution in [0.5, 0.6) is 5.75 Å². The maximum atomic E-state index is 11.8. The molecule has 0 N–H and O–H groups in total. The second-order valence-electron chi connectivity index (χ2n) is 5.42. The summed E-state index contributed by atoms with van der Waals surface area (Å²) in [5.74, 6) is 0.745. The molecule has 1 fully saturated rings. The number of carbonyl (C=O) groups excluding carboxylic acids is 1. The highest BCUT2D eigenvalue weighted by molar-refractivity contribution is 6.32. The van der Waals surface area contributed by atoms with Gasteiger partial charge in [0.1, 0.15) is 12.4 Å². The number of amides is 1. The van der Waals surface area contributed by atoms with Crippen molar-refractivity contribution in [3.63, 3.8) is 0 Å². The standard InChI is InChI=1S/C16H23ClN2O3/c1-12(13-4-5-15(22-3)14(17)10-13)18-6-8-19(9-7-18)16(20)11-21-2/h4-5,10,12H,6-9,11H2,1-3H3. The molecular weight excluding hydrogens is 304 g/mol. The largest absolute Gasteiger partial charge is 0.495 e. The average Bonchev–Trinajstić information content (AvgIpc) is 2.54. The SMILES string of the molecule is COCC(=O)N1CCN(C(C)c2ccc(OC)c(Cl)c2)CC1. The Morgan fingerprint density at radius 1 is 1.27 bits per heavy atom. The number of hydrogen-bond acceptors (Lipinski definition) is 4. The predicted molar refractivity (Wildman–Crippen MR) is 86.4 cm³/mol. The lowest BCUT2D eigenvalue weighted by atomic mass is 10.1. The molecule has 0 aliphatic carbocycles. The van der Waals surface area contributed by atoms with Crippen molar-refractivity contribution in [1.29, 1.82) is 0 Å². The molecule has 1 unspecified atom stereocenters. The van der Waals surface area contributed by atoms with E-state index < -0.39 is 0 Å². The molecule has 5 nitrogen and oxygen atoms in total. The first-order valence-electron chi connectivity index (χ1n) is 7.41. The average molecular weight is 327 g/mol. The van der Waals surface area contributed by atoms with Crippen molar-refractivity contribution in [2.75, 3.05) is 47.0 Å². The van der Waals surface area contributed by atoms with Gasteiger partial charge in [-0.1, -0.05) is 17.7 Å². The van der Waals surface area contributed by atoms with Crippen LogP contribution in [0.15, 0.2) is 18.2 Å². The van der Waals surface area contributed by atoms with Crippen molar-refractivity contribution < 1.29 is 14.3 Å². The second-order valence-corrected chi connectivity index (χ2v) is 5.83. The first-order chi connectivity index (χ1) is 10.6. The summed E-state index contributed by atoms with van der Waals surface area (Å²) in [6.07, 6.45) is 0. The van der Waals surface area contributed by atoms with Crippen LogP contribution in [0, 0.1) is 0 Å². The van der Waals surface area contributed by atoms with Crippen LogP contribution in [0.2, 0.25) is 5.02 Å². The number of piperazine rings is 1. The topological polar surface area (TPSA) is 42.0 Å². The number of carbonyl (C=O) groups is 1. The molecule has 22 heavy (non-hydrogen) atoms. The molecule has 0 radical (unpaired) electrons. The van der Waals surface area contributed by atoms with Gasteiger partial charge in [0.15, 0.2) is 0 Å². The van der Waals surface area contributed by atoms with E-state index in [0.717, 1.165) is 31.7 Å². The first-order valence-corrected chi connectivity index (χ1v) is 7.78. The predicted octanol–water partition coefficient (Wildman–Crippen LogP) is 2.20. The number of rotatable bonds is 5. The molecule has 1 aliphatic heterocycles. The lowest BCUT2D eigenvalue weighted by Crippen LogP contribution is -2.50. The third-order valence-corrected chi connectivity index (χ3v) is 4.44. The molecule has 0 aromatic heterocycles. The molecule has 0 saturated carbocycles. The molecule has 0 bridgehead atoms. The van der Waals surface area contributed by atoms with Crippen molar-refractivity contribution in [2.45, 2.75) is 13.0 Å². The number of nitrogens with zero attached hydrogens (tertiary/aromatic N) is 2. The third kappa shape index (κ3) is 3.91.